The third kappa shape index (κ3) is 5.18. The Bertz CT molecular complexity index is 396. The van der Waals surface area contributed by atoms with Crippen LogP contribution in [0, 0.1) is 11.3 Å². The maximum atomic E-state index is 12.3. The van der Waals surface area contributed by atoms with E-state index >= 15 is 0 Å². The molecule has 3 N–H and O–H groups in total. The van der Waals surface area contributed by atoms with Crippen molar-refractivity contribution >= 4 is 11.8 Å². The minimum absolute atomic E-state index is 0.00480. The number of hydrogen-bond acceptors (Lipinski definition) is 4. The summed E-state index contributed by atoms with van der Waals surface area (Å²) in [6, 6.07) is -0.482. The number of methoxy groups -OCH3 is 1. The second-order valence-corrected chi connectivity index (χ2v) is 7.11. The molecule has 0 radical (unpaired) electrons. The van der Waals surface area contributed by atoms with Crippen molar-refractivity contribution in [1.82, 2.24) is 16.0 Å². The van der Waals surface area contributed by atoms with Gasteiger partial charge in [-0.2, -0.15) is 0 Å². The van der Waals surface area contributed by atoms with Crippen molar-refractivity contribution in [2.24, 2.45) is 11.3 Å². The normalized spacial score (nSPS) is 22.5. The standard InChI is InChI=1S/C17H31N3O3/c1-13(20-16(22)14-5-3-4-6-14)15(21)19-11-17(12-23-2)7-9-18-10-8-17/h13-14,18H,3-12H2,1-2H3,(H,19,21)(H,20,22). The number of piperidine rings is 1. The number of carbonyl (C=O) groups is 2. The van der Waals surface area contributed by atoms with Gasteiger partial charge in [0.1, 0.15) is 6.04 Å². The van der Waals surface area contributed by atoms with Crippen molar-refractivity contribution in [2.75, 3.05) is 33.4 Å². The number of carbonyl (C=O) groups excluding carboxylic acids is 2. The van der Waals surface area contributed by atoms with E-state index in [9.17, 15) is 9.59 Å². The van der Waals surface area contributed by atoms with Gasteiger partial charge in [-0.25, -0.2) is 0 Å². The van der Waals surface area contributed by atoms with Crippen molar-refractivity contribution in [3.63, 3.8) is 0 Å². The second kappa shape index (κ2) is 8.64. The molecular formula is C17H31N3O3. The molecule has 6 nitrogen and oxygen atoms in total. The lowest BCUT2D eigenvalue weighted by Gasteiger charge is -2.37. The van der Waals surface area contributed by atoms with Gasteiger partial charge < -0.3 is 20.7 Å². The highest BCUT2D eigenvalue weighted by molar-refractivity contribution is 5.88. The summed E-state index contributed by atoms with van der Waals surface area (Å²) in [7, 11) is 1.70. The predicted octanol–water partition coefficient (Wildman–Crippen LogP) is 0.814. The largest absolute Gasteiger partial charge is 0.384 e. The minimum atomic E-state index is -0.482. The Morgan fingerprint density at radius 2 is 1.91 bits per heavy atom. The van der Waals surface area contributed by atoms with Gasteiger partial charge in [-0.1, -0.05) is 12.8 Å². The van der Waals surface area contributed by atoms with Crippen LogP contribution >= 0.6 is 0 Å². The summed E-state index contributed by atoms with van der Waals surface area (Å²) in [5.74, 6) is 0.0125. The fourth-order valence-electron chi connectivity index (χ4n) is 3.65. The number of hydrogen-bond donors (Lipinski definition) is 3. The van der Waals surface area contributed by atoms with Crippen molar-refractivity contribution in [1.29, 1.82) is 0 Å². The molecule has 0 aromatic rings. The summed E-state index contributed by atoms with van der Waals surface area (Å²) in [5, 5.41) is 9.21. The molecule has 1 unspecified atom stereocenters. The van der Waals surface area contributed by atoms with E-state index in [1.165, 1.54) is 0 Å². The van der Waals surface area contributed by atoms with Crippen LogP contribution in [0.15, 0.2) is 0 Å². The number of amides is 2. The molecule has 1 aliphatic heterocycles. The molecule has 2 aliphatic rings. The average molecular weight is 325 g/mol. The van der Waals surface area contributed by atoms with Crippen molar-refractivity contribution < 1.29 is 14.3 Å². The molecule has 1 atom stereocenters. The predicted molar refractivity (Wildman–Crippen MR) is 89.0 cm³/mol. The SMILES string of the molecule is COCC1(CNC(=O)C(C)NC(=O)C2CCCC2)CCNCC1. The molecule has 1 saturated heterocycles. The Morgan fingerprint density at radius 1 is 1.26 bits per heavy atom. The highest BCUT2D eigenvalue weighted by Gasteiger charge is 2.33. The first kappa shape index (κ1) is 18.2. The first-order valence-electron chi connectivity index (χ1n) is 8.84. The van der Waals surface area contributed by atoms with Gasteiger partial charge in [-0.05, 0) is 45.7 Å². The zero-order chi connectivity index (χ0) is 16.7. The Labute approximate surface area is 139 Å². The fourth-order valence-corrected chi connectivity index (χ4v) is 3.65. The molecule has 2 rings (SSSR count). The Morgan fingerprint density at radius 3 is 2.52 bits per heavy atom. The van der Waals surface area contributed by atoms with Crippen LogP contribution in [-0.2, 0) is 14.3 Å². The van der Waals surface area contributed by atoms with E-state index in [-0.39, 0.29) is 23.1 Å². The monoisotopic (exact) mass is 325 g/mol. The van der Waals surface area contributed by atoms with Gasteiger partial charge in [-0.3, -0.25) is 9.59 Å². The first-order valence-corrected chi connectivity index (χ1v) is 8.84. The van der Waals surface area contributed by atoms with Crippen LogP contribution in [0.25, 0.3) is 0 Å². The van der Waals surface area contributed by atoms with E-state index in [2.05, 4.69) is 16.0 Å². The van der Waals surface area contributed by atoms with Crippen molar-refractivity contribution in [3.8, 4) is 0 Å². The fraction of sp³-hybridized carbons (Fsp3) is 0.882. The zero-order valence-corrected chi connectivity index (χ0v) is 14.5. The molecule has 2 amide bonds. The van der Waals surface area contributed by atoms with Gasteiger partial charge in [0, 0.05) is 25.0 Å². The van der Waals surface area contributed by atoms with E-state index in [1.807, 2.05) is 0 Å². The van der Waals surface area contributed by atoms with E-state index in [0.29, 0.717) is 13.2 Å². The molecule has 0 spiro atoms. The first-order chi connectivity index (χ1) is 11.1. The van der Waals surface area contributed by atoms with Crippen LogP contribution in [0.4, 0.5) is 0 Å². The van der Waals surface area contributed by atoms with E-state index < -0.39 is 6.04 Å². The summed E-state index contributed by atoms with van der Waals surface area (Å²) in [4.78, 5) is 24.4. The Hall–Kier alpha value is -1.14. The molecule has 0 bridgehead atoms. The molecule has 0 aromatic heterocycles. The highest BCUT2D eigenvalue weighted by atomic mass is 16.5. The van der Waals surface area contributed by atoms with Crippen LogP contribution < -0.4 is 16.0 Å². The van der Waals surface area contributed by atoms with Crippen molar-refractivity contribution in [3.05, 3.63) is 0 Å². The zero-order valence-electron chi connectivity index (χ0n) is 14.5. The molecule has 132 valence electrons. The molecule has 23 heavy (non-hydrogen) atoms. The average Bonchev–Trinajstić information content (AvgIpc) is 3.08. The summed E-state index contributed by atoms with van der Waals surface area (Å²) in [6.45, 7) is 4.91. The molecule has 1 saturated carbocycles. The quantitative estimate of drug-likeness (QED) is 0.647. The van der Waals surface area contributed by atoms with Gasteiger partial charge in [0.25, 0.3) is 0 Å². The molecule has 6 heteroatoms. The van der Waals surface area contributed by atoms with E-state index in [1.54, 1.807) is 14.0 Å². The summed E-state index contributed by atoms with van der Waals surface area (Å²) < 4.78 is 5.36. The lowest BCUT2D eigenvalue weighted by Crippen LogP contribution is -2.51. The third-order valence-electron chi connectivity index (χ3n) is 5.23. The number of rotatable bonds is 7. The third-order valence-corrected chi connectivity index (χ3v) is 5.23. The Kier molecular flexibility index (Phi) is 6.84. The van der Waals surface area contributed by atoms with Gasteiger partial charge in [-0.15, -0.1) is 0 Å². The maximum Gasteiger partial charge on any atom is 0.242 e. The van der Waals surface area contributed by atoms with Gasteiger partial charge >= 0.3 is 0 Å². The highest BCUT2D eigenvalue weighted by Crippen LogP contribution is 2.28. The minimum Gasteiger partial charge on any atom is -0.384 e. The number of nitrogens with one attached hydrogen (secondary N) is 3. The van der Waals surface area contributed by atoms with Crippen LogP contribution in [0.3, 0.4) is 0 Å². The number of ether oxygens (including phenoxy) is 1. The van der Waals surface area contributed by atoms with Crippen LogP contribution in [-0.4, -0.2) is 51.2 Å². The van der Waals surface area contributed by atoms with Gasteiger partial charge in [0.05, 0.1) is 6.61 Å². The van der Waals surface area contributed by atoms with Crippen LogP contribution in [0.2, 0.25) is 0 Å². The van der Waals surface area contributed by atoms with Gasteiger partial charge in [0.2, 0.25) is 11.8 Å². The molecular weight excluding hydrogens is 294 g/mol. The smallest absolute Gasteiger partial charge is 0.242 e. The van der Waals surface area contributed by atoms with E-state index in [0.717, 1.165) is 51.6 Å². The summed E-state index contributed by atoms with van der Waals surface area (Å²) in [6.07, 6.45) is 6.11. The second-order valence-electron chi connectivity index (χ2n) is 7.11. The molecule has 0 aromatic carbocycles. The summed E-state index contributed by atoms with van der Waals surface area (Å²) in [5.41, 5.74) is 0.00480. The Balaban J connectivity index is 1.78. The maximum absolute atomic E-state index is 12.3. The molecule has 1 heterocycles. The van der Waals surface area contributed by atoms with Gasteiger partial charge in [0.15, 0.2) is 0 Å². The van der Waals surface area contributed by atoms with Crippen LogP contribution in [0.1, 0.15) is 45.4 Å². The molecule has 1 aliphatic carbocycles. The lowest BCUT2D eigenvalue weighted by molar-refractivity contribution is -0.131. The topological polar surface area (TPSA) is 79.5 Å². The lowest BCUT2D eigenvalue weighted by atomic mass is 9.79. The summed E-state index contributed by atoms with van der Waals surface area (Å²) >= 11 is 0. The van der Waals surface area contributed by atoms with E-state index in [4.69, 9.17) is 4.74 Å². The van der Waals surface area contributed by atoms with Crippen LogP contribution in [0.5, 0.6) is 0 Å². The van der Waals surface area contributed by atoms with Crippen molar-refractivity contribution in [2.45, 2.75) is 51.5 Å². The molecule has 2 fully saturated rings.